The number of ether oxygens (including phenoxy) is 1. The van der Waals surface area contributed by atoms with Crippen molar-refractivity contribution in [3.05, 3.63) is 22.7 Å². The third-order valence-electron chi connectivity index (χ3n) is 5.11. The lowest BCUT2D eigenvalue weighted by atomic mass is 9.98. The fourth-order valence-electron chi connectivity index (χ4n) is 3.93. The first-order valence-corrected chi connectivity index (χ1v) is 9.04. The number of hydrogen-bond donors (Lipinski definition) is 2. The van der Waals surface area contributed by atoms with Crippen LogP contribution in [0.3, 0.4) is 0 Å². The topological polar surface area (TPSA) is 70.7 Å². The maximum Gasteiger partial charge on any atom is 0.255 e. The SMILES string of the molecule is COc1cc(NC(C)=O)c(Cl)cc1C(=O)NCC1CCN2CCCC12. The fourth-order valence-corrected chi connectivity index (χ4v) is 4.14. The molecule has 2 atom stereocenters. The van der Waals surface area contributed by atoms with Gasteiger partial charge in [0.2, 0.25) is 5.91 Å². The van der Waals surface area contributed by atoms with Gasteiger partial charge >= 0.3 is 0 Å². The highest BCUT2D eigenvalue weighted by Gasteiger charge is 2.37. The van der Waals surface area contributed by atoms with Crippen LogP contribution in [0.4, 0.5) is 5.69 Å². The summed E-state index contributed by atoms with van der Waals surface area (Å²) in [4.78, 5) is 26.4. The van der Waals surface area contributed by atoms with Crippen LogP contribution >= 0.6 is 11.6 Å². The molecule has 0 saturated carbocycles. The molecule has 0 aliphatic carbocycles. The minimum Gasteiger partial charge on any atom is -0.496 e. The molecule has 2 aliphatic heterocycles. The first-order valence-electron chi connectivity index (χ1n) is 8.67. The van der Waals surface area contributed by atoms with E-state index in [0.29, 0.717) is 40.5 Å². The molecule has 25 heavy (non-hydrogen) atoms. The molecular formula is C18H24ClN3O3. The average molecular weight is 366 g/mol. The number of methoxy groups -OCH3 is 1. The van der Waals surface area contributed by atoms with Gasteiger partial charge in [0.25, 0.3) is 5.91 Å². The van der Waals surface area contributed by atoms with Crippen molar-refractivity contribution in [2.75, 3.05) is 32.1 Å². The van der Waals surface area contributed by atoms with Crippen molar-refractivity contribution in [1.82, 2.24) is 10.2 Å². The van der Waals surface area contributed by atoms with E-state index in [1.807, 2.05) is 0 Å². The van der Waals surface area contributed by atoms with E-state index in [9.17, 15) is 9.59 Å². The van der Waals surface area contributed by atoms with E-state index >= 15 is 0 Å². The van der Waals surface area contributed by atoms with E-state index in [1.54, 1.807) is 6.07 Å². The van der Waals surface area contributed by atoms with Gasteiger partial charge in [0.05, 0.1) is 23.4 Å². The molecule has 1 aromatic rings. The lowest BCUT2D eigenvalue weighted by Gasteiger charge is -2.21. The van der Waals surface area contributed by atoms with Gasteiger partial charge in [-0.3, -0.25) is 9.59 Å². The summed E-state index contributed by atoms with van der Waals surface area (Å²) >= 11 is 6.19. The summed E-state index contributed by atoms with van der Waals surface area (Å²) in [5.41, 5.74) is 0.808. The zero-order chi connectivity index (χ0) is 18.0. The number of halogens is 1. The molecule has 0 bridgehead atoms. The second-order valence-corrected chi connectivity index (χ2v) is 7.13. The van der Waals surface area contributed by atoms with Crippen molar-refractivity contribution in [3.8, 4) is 5.75 Å². The van der Waals surface area contributed by atoms with Gasteiger partial charge in [-0.25, -0.2) is 0 Å². The number of anilines is 1. The summed E-state index contributed by atoms with van der Waals surface area (Å²) in [6.45, 7) is 4.38. The zero-order valence-corrected chi connectivity index (χ0v) is 15.4. The van der Waals surface area contributed by atoms with Crippen LogP contribution in [-0.2, 0) is 4.79 Å². The largest absolute Gasteiger partial charge is 0.496 e. The van der Waals surface area contributed by atoms with Gasteiger partial charge in [-0.15, -0.1) is 0 Å². The van der Waals surface area contributed by atoms with Gasteiger partial charge in [-0.05, 0) is 44.3 Å². The standard InChI is InChI=1S/C18H24ClN3O3/c1-11(23)21-15-9-17(25-2)13(8-14(15)19)18(24)20-10-12-5-7-22-6-3-4-16(12)22/h8-9,12,16H,3-7,10H2,1-2H3,(H,20,24)(H,21,23). The molecule has 2 fully saturated rings. The predicted molar refractivity (Wildman–Crippen MR) is 97.3 cm³/mol. The zero-order valence-electron chi connectivity index (χ0n) is 14.6. The molecule has 2 N–H and O–H groups in total. The van der Waals surface area contributed by atoms with Crippen LogP contribution in [-0.4, -0.2) is 49.5 Å². The van der Waals surface area contributed by atoms with Gasteiger partial charge in [0.1, 0.15) is 5.75 Å². The van der Waals surface area contributed by atoms with Gasteiger partial charge in [-0.1, -0.05) is 11.6 Å². The molecule has 136 valence electrons. The van der Waals surface area contributed by atoms with Crippen LogP contribution in [0.15, 0.2) is 12.1 Å². The molecular weight excluding hydrogens is 342 g/mol. The molecule has 1 aromatic carbocycles. The van der Waals surface area contributed by atoms with Crippen molar-refractivity contribution >= 4 is 29.1 Å². The summed E-state index contributed by atoms with van der Waals surface area (Å²) < 4.78 is 5.31. The number of fused-ring (bicyclic) bond motifs is 1. The number of hydrogen-bond acceptors (Lipinski definition) is 4. The minimum atomic E-state index is -0.233. The quantitative estimate of drug-likeness (QED) is 0.841. The highest BCUT2D eigenvalue weighted by atomic mass is 35.5. The Balaban J connectivity index is 1.68. The molecule has 7 heteroatoms. The first kappa shape index (κ1) is 18.0. The number of rotatable bonds is 5. The molecule has 3 rings (SSSR count). The Morgan fingerprint density at radius 3 is 2.84 bits per heavy atom. The van der Waals surface area contributed by atoms with Crippen LogP contribution in [0.2, 0.25) is 5.02 Å². The smallest absolute Gasteiger partial charge is 0.255 e. The Kier molecular flexibility index (Phi) is 5.49. The van der Waals surface area contributed by atoms with Crippen molar-refractivity contribution in [3.63, 3.8) is 0 Å². The summed E-state index contributed by atoms with van der Waals surface area (Å²) in [5, 5.41) is 5.96. The molecule has 2 unspecified atom stereocenters. The lowest BCUT2D eigenvalue weighted by molar-refractivity contribution is -0.114. The molecule has 0 aromatic heterocycles. The van der Waals surface area contributed by atoms with Gasteiger partial charge in [0, 0.05) is 25.6 Å². The maximum absolute atomic E-state index is 12.6. The van der Waals surface area contributed by atoms with Crippen LogP contribution in [0, 0.1) is 5.92 Å². The van der Waals surface area contributed by atoms with Crippen LogP contribution in [0.25, 0.3) is 0 Å². The number of nitrogens with zero attached hydrogens (tertiary/aromatic N) is 1. The Hall–Kier alpha value is -1.79. The van der Waals surface area contributed by atoms with Crippen LogP contribution in [0.1, 0.15) is 36.5 Å². The Labute approximate surface area is 152 Å². The third kappa shape index (κ3) is 3.90. The van der Waals surface area contributed by atoms with Gasteiger partial charge in [-0.2, -0.15) is 0 Å². The van der Waals surface area contributed by atoms with Crippen molar-refractivity contribution in [1.29, 1.82) is 0 Å². The summed E-state index contributed by atoms with van der Waals surface area (Å²) in [7, 11) is 1.49. The van der Waals surface area contributed by atoms with Crippen molar-refractivity contribution in [2.24, 2.45) is 5.92 Å². The summed E-state index contributed by atoms with van der Waals surface area (Å²) in [6.07, 6.45) is 3.61. The summed E-state index contributed by atoms with van der Waals surface area (Å²) in [6, 6.07) is 3.72. The molecule has 2 amide bonds. The van der Waals surface area contributed by atoms with E-state index in [1.165, 1.54) is 39.5 Å². The minimum absolute atomic E-state index is 0.204. The average Bonchev–Trinajstić information content (AvgIpc) is 3.17. The van der Waals surface area contributed by atoms with E-state index in [2.05, 4.69) is 15.5 Å². The molecule has 2 aliphatic rings. The predicted octanol–water partition coefficient (Wildman–Crippen LogP) is 2.52. The first-order chi connectivity index (χ1) is 12.0. The number of carbonyl (C=O) groups excluding carboxylic acids is 2. The highest BCUT2D eigenvalue weighted by molar-refractivity contribution is 6.34. The molecule has 0 spiro atoms. The van der Waals surface area contributed by atoms with Gasteiger partial charge in [0.15, 0.2) is 0 Å². The van der Waals surface area contributed by atoms with E-state index < -0.39 is 0 Å². The van der Waals surface area contributed by atoms with Crippen LogP contribution in [0.5, 0.6) is 5.75 Å². The highest BCUT2D eigenvalue weighted by Crippen LogP contribution is 2.33. The Bertz CT molecular complexity index is 680. The van der Waals surface area contributed by atoms with E-state index in [-0.39, 0.29) is 11.8 Å². The Morgan fingerprint density at radius 2 is 2.12 bits per heavy atom. The van der Waals surface area contributed by atoms with E-state index in [0.717, 1.165) is 13.0 Å². The number of benzene rings is 1. The third-order valence-corrected chi connectivity index (χ3v) is 5.43. The summed E-state index contributed by atoms with van der Waals surface area (Å²) in [5.74, 6) is 0.458. The second-order valence-electron chi connectivity index (χ2n) is 6.72. The molecule has 6 nitrogen and oxygen atoms in total. The Morgan fingerprint density at radius 1 is 1.32 bits per heavy atom. The molecule has 2 heterocycles. The maximum atomic E-state index is 12.6. The van der Waals surface area contributed by atoms with Crippen molar-refractivity contribution < 1.29 is 14.3 Å². The van der Waals surface area contributed by atoms with E-state index in [4.69, 9.17) is 16.3 Å². The normalized spacial score (nSPS) is 22.5. The number of carbonyl (C=O) groups is 2. The van der Waals surface area contributed by atoms with Crippen molar-refractivity contribution in [2.45, 2.75) is 32.2 Å². The fraction of sp³-hybridized carbons (Fsp3) is 0.556. The lowest BCUT2D eigenvalue weighted by Crippen LogP contribution is -2.35. The molecule has 2 saturated heterocycles. The number of amides is 2. The molecule has 0 radical (unpaired) electrons. The second kappa shape index (κ2) is 7.62. The monoisotopic (exact) mass is 365 g/mol. The number of nitrogens with one attached hydrogen (secondary N) is 2. The van der Waals surface area contributed by atoms with Crippen LogP contribution < -0.4 is 15.4 Å². The van der Waals surface area contributed by atoms with Gasteiger partial charge < -0.3 is 20.3 Å².